The predicted octanol–water partition coefficient (Wildman–Crippen LogP) is 7.90. The van der Waals surface area contributed by atoms with Gasteiger partial charge < -0.3 is 4.74 Å². The molecule has 0 radical (unpaired) electrons. The van der Waals surface area contributed by atoms with Crippen LogP contribution in [0.3, 0.4) is 0 Å². The molecule has 0 spiro atoms. The first-order chi connectivity index (χ1) is 13.2. The van der Waals surface area contributed by atoms with Gasteiger partial charge in [-0.15, -0.1) is 0 Å². The molecule has 0 N–H and O–H groups in total. The maximum absolute atomic E-state index is 11.7. The Morgan fingerprint density at radius 2 is 0.704 bits per heavy atom. The predicted molar refractivity (Wildman–Crippen MR) is 115 cm³/mol. The Balaban J connectivity index is 3.33. The van der Waals surface area contributed by atoms with Crippen molar-refractivity contribution in [3.05, 3.63) is 0 Å². The van der Waals surface area contributed by atoms with Crippen LogP contribution in [-0.4, -0.2) is 11.9 Å². The second kappa shape index (κ2) is 21.4. The van der Waals surface area contributed by atoms with Crippen LogP contribution in [0.4, 0.5) is 0 Å². The van der Waals surface area contributed by atoms with Crippen LogP contribution in [0.2, 0.25) is 0 Å². The van der Waals surface area contributed by atoms with Gasteiger partial charge in [-0.3, -0.25) is 9.59 Å². The summed E-state index contributed by atoms with van der Waals surface area (Å²) in [6.45, 7) is 4.47. The highest BCUT2D eigenvalue weighted by Gasteiger charge is 2.09. The van der Waals surface area contributed by atoms with Crippen molar-refractivity contribution in [2.75, 3.05) is 0 Å². The van der Waals surface area contributed by atoms with Crippen molar-refractivity contribution in [2.45, 2.75) is 142 Å². The van der Waals surface area contributed by atoms with Gasteiger partial charge in [0, 0.05) is 12.8 Å². The van der Waals surface area contributed by atoms with Gasteiger partial charge in [-0.25, -0.2) is 0 Å². The topological polar surface area (TPSA) is 43.4 Å². The molecule has 0 aliphatic heterocycles. The van der Waals surface area contributed by atoms with E-state index in [1.807, 2.05) is 0 Å². The minimum absolute atomic E-state index is 0.334. The van der Waals surface area contributed by atoms with E-state index >= 15 is 0 Å². The van der Waals surface area contributed by atoms with Crippen LogP contribution in [0.5, 0.6) is 0 Å². The molecule has 0 aliphatic carbocycles. The van der Waals surface area contributed by atoms with Gasteiger partial charge in [-0.2, -0.15) is 0 Å². The van der Waals surface area contributed by atoms with E-state index in [4.69, 9.17) is 4.74 Å². The lowest BCUT2D eigenvalue weighted by Crippen LogP contribution is -2.11. The second-order valence-electron chi connectivity index (χ2n) is 8.00. The summed E-state index contributed by atoms with van der Waals surface area (Å²) in [6.07, 6.45) is 22.8. The fourth-order valence-corrected chi connectivity index (χ4v) is 3.39. The van der Waals surface area contributed by atoms with Gasteiger partial charge >= 0.3 is 11.9 Å². The van der Waals surface area contributed by atoms with Gasteiger partial charge in [0.05, 0.1) is 0 Å². The minimum atomic E-state index is -0.335. The quantitative estimate of drug-likeness (QED) is 0.122. The molecule has 0 aromatic heterocycles. The summed E-state index contributed by atoms with van der Waals surface area (Å²) in [6, 6.07) is 0. The van der Waals surface area contributed by atoms with Gasteiger partial charge in [0.25, 0.3) is 0 Å². The van der Waals surface area contributed by atoms with Crippen molar-refractivity contribution < 1.29 is 14.3 Å². The zero-order valence-electron chi connectivity index (χ0n) is 18.4. The standard InChI is InChI=1S/C24H46O3/c1-3-5-7-9-11-13-14-16-18-20-22-24(26)27-23(25)21-19-17-15-12-10-8-6-4-2/h3-22H2,1-2H3. The average Bonchev–Trinajstić information content (AvgIpc) is 2.65. The van der Waals surface area contributed by atoms with Crippen LogP contribution in [0, 0.1) is 0 Å². The molecule has 0 aromatic carbocycles. The lowest BCUT2D eigenvalue weighted by atomic mass is 10.1. The first-order valence-corrected chi connectivity index (χ1v) is 11.9. The van der Waals surface area contributed by atoms with E-state index in [9.17, 15) is 9.59 Å². The highest BCUT2D eigenvalue weighted by molar-refractivity contribution is 5.85. The van der Waals surface area contributed by atoms with Crippen LogP contribution in [0.1, 0.15) is 142 Å². The highest BCUT2D eigenvalue weighted by atomic mass is 16.6. The van der Waals surface area contributed by atoms with Crippen molar-refractivity contribution in [2.24, 2.45) is 0 Å². The fourth-order valence-electron chi connectivity index (χ4n) is 3.39. The van der Waals surface area contributed by atoms with E-state index in [2.05, 4.69) is 13.8 Å². The number of unbranched alkanes of at least 4 members (excludes halogenated alkanes) is 16. The normalized spacial score (nSPS) is 10.9. The summed E-state index contributed by atoms with van der Waals surface area (Å²) >= 11 is 0. The van der Waals surface area contributed by atoms with Crippen LogP contribution in [0.25, 0.3) is 0 Å². The molecule has 27 heavy (non-hydrogen) atoms. The average molecular weight is 383 g/mol. The Morgan fingerprint density at radius 3 is 1.00 bits per heavy atom. The van der Waals surface area contributed by atoms with Gasteiger partial charge in [-0.1, -0.05) is 117 Å². The van der Waals surface area contributed by atoms with Crippen LogP contribution in [0.15, 0.2) is 0 Å². The maximum atomic E-state index is 11.7. The first-order valence-electron chi connectivity index (χ1n) is 11.9. The van der Waals surface area contributed by atoms with E-state index in [1.54, 1.807) is 0 Å². The van der Waals surface area contributed by atoms with Crippen molar-refractivity contribution in [1.82, 2.24) is 0 Å². The zero-order chi connectivity index (χ0) is 20.0. The molecule has 0 unspecified atom stereocenters. The molecule has 160 valence electrons. The highest BCUT2D eigenvalue weighted by Crippen LogP contribution is 2.12. The summed E-state index contributed by atoms with van der Waals surface area (Å²) in [5.74, 6) is -0.669. The Hall–Kier alpha value is -0.860. The molecule has 0 saturated heterocycles. The van der Waals surface area contributed by atoms with Crippen molar-refractivity contribution in [3.8, 4) is 0 Å². The third kappa shape index (κ3) is 21.3. The number of carbonyl (C=O) groups is 2. The van der Waals surface area contributed by atoms with Crippen LogP contribution >= 0.6 is 0 Å². The van der Waals surface area contributed by atoms with Crippen molar-refractivity contribution in [3.63, 3.8) is 0 Å². The Bertz CT molecular complexity index is 339. The number of ether oxygens (including phenoxy) is 1. The molecule has 0 bridgehead atoms. The number of hydrogen-bond donors (Lipinski definition) is 0. The first kappa shape index (κ1) is 26.1. The molecular formula is C24H46O3. The Morgan fingerprint density at radius 1 is 0.444 bits per heavy atom. The third-order valence-electron chi connectivity index (χ3n) is 5.20. The fraction of sp³-hybridized carbons (Fsp3) is 0.917. The summed E-state index contributed by atoms with van der Waals surface area (Å²) in [5.41, 5.74) is 0. The van der Waals surface area contributed by atoms with E-state index in [0.717, 1.165) is 25.7 Å². The van der Waals surface area contributed by atoms with E-state index in [0.29, 0.717) is 12.8 Å². The maximum Gasteiger partial charge on any atom is 0.313 e. The molecule has 0 atom stereocenters. The van der Waals surface area contributed by atoms with E-state index < -0.39 is 0 Å². The Labute approximate surface area is 169 Å². The molecule has 0 aromatic rings. The molecule has 0 amide bonds. The molecule has 0 rings (SSSR count). The largest absolute Gasteiger partial charge is 0.393 e. The molecule has 0 saturated carbocycles. The lowest BCUT2D eigenvalue weighted by molar-refractivity contribution is -0.159. The van der Waals surface area contributed by atoms with Crippen molar-refractivity contribution >= 4 is 11.9 Å². The second-order valence-corrected chi connectivity index (χ2v) is 8.00. The molecular weight excluding hydrogens is 336 g/mol. The molecule has 3 heteroatoms. The Kier molecular flexibility index (Phi) is 20.8. The zero-order valence-corrected chi connectivity index (χ0v) is 18.4. The third-order valence-corrected chi connectivity index (χ3v) is 5.20. The monoisotopic (exact) mass is 382 g/mol. The summed E-state index contributed by atoms with van der Waals surface area (Å²) < 4.78 is 4.91. The smallest absolute Gasteiger partial charge is 0.313 e. The van der Waals surface area contributed by atoms with Gasteiger partial charge in [0.1, 0.15) is 0 Å². The number of esters is 2. The summed E-state index contributed by atoms with van der Waals surface area (Å²) in [5, 5.41) is 0. The van der Waals surface area contributed by atoms with Gasteiger partial charge in [-0.05, 0) is 12.8 Å². The number of hydrogen-bond acceptors (Lipinski definition) is 3. The summed E-state index contributed by atoms with van der Waals surface area (Å²) in [7, 11) is 0. The van der Waals surface area contributed by atoms with Crippen LogP contribution < -0.4 is 0 Å². The van der Waals surface area contributed by atoms with E-state index in [-0.39, 0.29) is 11.9 Å². The van der Waals surface area contributed by atoms with Crippen LogP contribution in [-0.2, 0) is 14.3 Å². The molecule has 0 aliphatic rings. The van der Waals surface area contributed by atoms with E-state index in [1.165, 1.54) is 89.9 Å². The molecule has 0 fully saturated rings. The lowest BCUT2D eigenvalue weighted by Gasteiger charge is -2.04. The molecule has 3 nitrogen and oxygen atoms in total. The van der Waals surface area contributed by atoms with Gasteiger partial charge in [0.2, 0.25) is 0 Å². The number of carbonyl (C=O) groups excluding carboxylic acids is 2. The van der Waals surface area contributed by atoms with Crippen molar-refractivity contribution in [1.29, 1.82) is 0 Å². The van der Waals surface area contributed by atoms with Gasteiger partial charge in [0.15, 0.2) is 0 Å². The SMILES string of the molecule is CCCCCCCCCCCCC(=O)OC(=O)CCCCCCCCCC. The molecule has 0 heterocycles. The minimum Gasteiger partial charge on any atom is -0.393 e. The summed E-state index contributed by atoms with van der Waals surface area (Å²) in [4.78, 5) is 23.3. The number of rotatable bonds is 20.